The Bertz CT molecular complexity index is 817. The molecule has 0 saturated heterocycles. The van der Waals surface area contributed by atoms with Crippen LogP contribution in [0, 0.1) is 0 Å². The summed E-state index contributed by atoms with van der Waals surface area (Å²) in [6.07, 6.45) is 1.20. The van der Waals surface area contributed by atoms with Gasteiger partial charge >= 0.3 is 6.03 Å². The molecule has 2 aliphatic heterocycles. The Morgan fingerprint density at radius 2 is 1.78 bits per heavy atom. The molecule has 3 N–H and O–H groups in total. The van der Waals surface area contributed by atoms with Crippen molar-refractivity contribution in [2.24, 2.45) is 0 Å². The molecule has 0 bridgehead atoms. The maximum Gasteiger partial charge on any atom is 0.323 e. The van der Waals surface area contributed by atoms with Crippen LogP contribution < -0.4 is 20.7 Å². The highest BCUT2D eigenvalue weighted by molar-refractivity contribution is 6.02. The summed E-state index contributed by atoms with van der Waals surface area (Å²) < 4.78 is 5.44. The van der Waals surface area contributed by atoms with E-state index in [9.17, 15) is 9.59 Å². The Balaban J connectivity index is 1.44. The van der Waals surface area contributed by atoms with E-state index >= 15 is 0 Å². The predicted molar refractivity (Wildman–Crippen MR) is 87.1 cm³/mol. The molecule has 0 aliphatic carbocycles. The van der Waals surface area contributed by atoms with Crippen LogP contribution in [0.4, 0.5) is 21.9 Å². The molecular weight excluding hydrogens is 294 g/mol. The first-order chi connectivity index (χ1) is 11.2. The first-order valence-corrected chi connectivity index (χ1v) is 7.44. The molecule has 4 rings (SSSR count). The van der Waals surface area contributed by atoms with E-state index < -0.39 is 0 Å². The normalized spacial score (nSPS) is 14.5. The van der Waals surface area contributed by atoms with Gasteiger partial charge in [-0.15, -0.1) is 0 Å². The molecule has 2 aliphatic rings. The van der Waals surface area contributed by atoms with Gasteiger partial charge in [-0.1, -0.05) is 0 Å². The van der Waals surface area contributed by atoms with Gasteiger partial charge in [0.15, 0.2) is 0 Å². The van der Waals surface area contributed by atoms with E-state index in [1.165, 1.54) is 0 Å². The molecule has 3 amide bonds. The van der Waals surface area contributed by atoms with Crippen LogP contribution >= 0.6 is 0 Å². The highest BCUT2D eigenvalue weighted by Gasteiger charge is 2.18. The summed E-state index contributed by atoms with van der Waals surface area (Å²) in [5.41, 5.74) is 4.18. The van der Waals surface area contributed by atoms with Crippen LogP contribution in [0.15, 0.2) is 36.4 Å². The van der Waals surface area contributed by atoms with Gasteiger partial charge in [0.25, 0.3) is 0 Å². The number of rotatable bonds is 2. The number of ether oxygens (including phenoxy) is 1. The Labute approximate surface area is 132 Å². The minimum absolute atomic E-state index is 0.0260. The maximum atomic E-state index is 12.1. The molecule has 0 atom stereocenters. The summed E-state index contributed by atoms with van der Waals surface area (Å²) in [4.78, 5) is 23.5. The number of urea groups is 1. The third kappa shape index (κ3) is 2.70. The quantitative estimate of drug-likeness (QED) is 0.798. The van der Waals surface area contributed by atoms with E-state index in [0.717, 1.165) is 34.7 Å². The number of fused-ring (bicyclic) bond motifs is 2. The Kier molecular flexibility index (Phi) is 3.15. The van der Waals surface area contributed by atoms with Crippen molar-refractivity contribution >= 4 is 29.0 Å². The summed E-state index contributed by atoms with van der Waals surface area (Å²) in [7, 11) is 0. The molecule has 0 saturated carbocycles. The lowest BCUT2D eigenvalue weighted by atomic mass is 10.1. The van der Waals surface area contributed by atoms with E-state index in [-0.39, 0.29) is 11.9 Å². The lowest BCUT2D eigenvalue weighted by Gasteiger charge is -2.09. The van der Waals surface area contributed by atoms with Crippen LogP contribution in [0.3, 0.4) is 0 Å². The molecule has 0 spiro atoms. The molecule has 2 heterocycles. The maximum absolute atomic E-state index is 12.1. The molecular formula is C17H15N3O3. The molecule has 2 aromatic rings. The van der Waals surface area contributed by atoms with Gasteiger partial charge < -0.3 is 20.7 Å². The van der Waals surface area contributed by atoms with Gasteiger partial charge in [-0.2, -0.15) is 0 Å². The van der Waals surface area contributed by atoms with Crippen LogP contribution in [-0.2, 0) is 17.6 Å². The van der Waals surface area contributed by atoms with Crippen LogP contribution in [0.2, 0.25) is 0 Å². The largest absolute Gasteiger partial charge is 0.493 e. The van der Waals surface area contributed by atoms with Gasteiger partial charge in [0.05, 0.1) is 13.0 Å². The summed E-state index contributed by atoms with van der Waals surface area (Å²) >= 11 is 0. The summed E-state index contributed by atoms with van der Waals surface area (Å²) in [6, 6.07) is 10.7. The molecule has 2 aromatic carbocycles. The second-order valence-corrected chi connectivity index (χ2v) is 5.60. The molecule has 6 nitrogen and oxygen atoms in total. The fraction of sp³-hybridized carbons (Fsp3) is 0.176. The number of carbonyl (C=O) groups is 2. The van der Waals surface area contributed by atoms with Gasteiger partial charge in [0.1, 0.15) is 5.75 Å². The van der Waals surface area contributed by atoms with Crippen LogP contribution in [-0.4, -0.2) is 18.5 Å². The second kappa shape index (κ2) is 5.31. The summed E-state index contributed by atoms with van der Waals surface area (Å²) in [6.45, 7) is 0.687. The number of hydrogen-bond acceptors (Lipinski definition) is 3. The van der Waals surface area contributed by atoms with Gasteiger partial charge in [-0.05, 0) is 47.5 Å². The van der Waals surface area contributed by atoms with E-state index in [1.54, 1.807) is 12.1 Å². The van der Waals surface area contributed by atoms with Gasteiger partial charge in [-0.3, -0.25) is 4.79 Å². The first kappa shape index (κ1) is 13.6. The van der Waals surface area contributed by atoms with E-state index in [4.69, 9.17) is 4.74 Å². The monoisotopic (exact) mass is 309 g/mol. The van der Waals surface area contributed by atoms with Crippen molar-refractivity contribution in [1.29, 1.82) is 0 Å². The third-order valence-corrected chi connectivity index (χ3v) is 3.94. The molecule has 23 heavy (non-hydrogen) atoms. The number of benzene rings is 2. The Morgan fingerprint density at radius 3 is 2.61 bits per heavy atom. The van der Waals surface area contributed by atoms with Crippen molar-refractivity contribution in [1.82, 2.24) is 0 Å². The van der Waals surface area contributed by atoms with Crippen molar-refractivity contribution in [3.63, 3.8) is 0 Å². The second-order valence-electron chi connectivity index (χ2n) is 5.60. The molecule has 0 fully saturated rings. The molecule has 0 radical (unpaired) electrons. The number of nitrogens with one attached hydrogen (secondary N) is 3. The average Bonchev–Trinajstić information content (AvgIpc) is 3.11. The SMILES string of the molecule is O=C1Cc2cc(NC(=O)Nc3ccc4c(c3)CCO4)ccc2N1. The zero-order valence-electron chi connectivity index (χ0n) is 12.3. The van der Waals surface area contributed by atoms with Crippen LogP contribution in [0.1, 0.15) is 11.1 Å². The number of amides is 3. The van der Waals surface area contributed by atoms with E-state index in [0.29, 0.717) is 18.7 Å². The Hall–Kier alpha value is -3.02. The minimum Gasteiger partial charge on any atom is -0.493 e. The molecule has 0 unspecified atom stereocenters. The lowest BCUT2D eigenvalue weighted by molar-refractivity contribution is -0.115. The van der Waals surface area contributed by atoms with Gasteiger partial charge in [0.2, 0.25) is 5.91 Å². The standard InChI is InChI=1S/C17H15N3O3/c21-16-9-11-8-12(1-3-14(11)20-16)18-17(22)19-13-2-4-15-10(7-13)5-6-23-15/h1-4,7-8H,5-6,9H2,(H,20,21)(H2,18,19,22). The first-order valence-electron chi connectivity index (χ1n) is 7.44. The lowest BCUT2D eigenvalue weighted by Crippen LogP contribution is -2.19. The van der Waals surface area contributed by atoms with Crippen molar-refractivity contribution in [2.45, 2.75) is 12.8 Å². The molecule has 116 valence electrons. The fourth-order valence-electron chi connectivity index (χ4n) is 2.86. The topological polar surface area (TPSA) is 79.5 Å². The van der Waals surface area contributed by atoms with Crippen molar-refractivity contribution in [3.8, 4) is 5.75 Å². The fourth-order valence-corrected chi connectivity index (χ4v) is 2.86. The molecule has 0 aromatic heterocycles. The number of hydrogen-bond donors (Lipinski definition) is 3. The summed E-state index contributed by atoms with van der Waals surface area (Å²) in [5, 5.41) is 8.35. The van der Waals surface area contributed by atoms with Gasteiger partial charge in [0, 0.05) is 23.5 Å². The molecule has 6 heteroatoms. The van der Waals surface area contributed by atoms with E-state index in [2.05, 4.69) is 16.0 Å². The zero-order chi connectivity index (χ0) is 15.8. The average molecular weight is 309 g/mol. The van der Waals surface area contributed by atoms with Crippen LogP contribution in [0.5, 0.6) is 5.75 Å². The van der Waals surface area contributed by atoms with Crippen molar-refractivity contribution in [2.75, 3.05) is 22.6 Å². The Morgan fingerprint density at radius 1 is 1.04 bits per heavy atom. The highest BCUT2D eigenvalue weighted by atomic mass is 16.5. The summed E-state index contributed by atoms with van der Waals surface area (Å²) in [5.74, 6) is 0.855. The van der Waals surface area contributed by atoms with Gasteiger partial charge in [-0.25, -0.2) is 4.79 Å². The predicted octanol–water partition coefficient (Wildman–Crippen LogP) is 2.76. The van der Waals surface area contributed by atoms with Crippen LogP contribution in [0.25, 0.3) is 0 Å². The number of carbonyl (C=O) groups excluding carboxylic acids is 2. The number of anilines is 3. The van der Waals surface area contributed by atoms with E-state index in [1.807, 2.05) is 24.3 Å². The third-order valence-electron chi connectivity index (χ3n) is 3.94. The smallest absolute Gasteiger partial charge is 0.323 e. The zero-order valence-corrected chi connectivity index (χ0v) is 12.3. The van der Waals surface area contributed by atoms with Crippen molar-refractivity contribution < 1.29 is 14.3 Å². The highest BCUT2D eigenvalue weighted by Crippen LogP contribution is 2.28. The van der Waals surface area contributed by atoms with Crippen molar-refractivity contribution in [3.05, 3.63) is 47.5 Å². The minimum atomic E-state index is -0.318.